The number of nitrogens with zero attached hydrogens (tertiary/aromatic N) is 3. The van der Waals surface area contributed by atoms with Crippen molar-refractivity contribution in [2.24, 2.45) is 0 Å². The Morgan fingerprint density at radius 2 is 2.00 bits per heavy atom. The van der Waals surface area contributed by atoms with Crippen LogP contribution < -0.4 is 10.1 Å². The molecule has 33 heavy (non-hydrogen) atoms. The Morgan fingerprint density at radius 3 is 2.73 bits per heavy atom. The van der Waals surface area contributed by atoms with Crippen molar-refractivity contribution in [2.75, 3.05) is 5.32 Å². The van der Waals surface area contributed by atoms with Crippen molar-refractivity contribution in [3.63, 3.8) is 0 Å². The average Bonchev–Trinajstić information content (AvgIpc) is 3.48. The lowest BCUT2D eigenvalue weighted by atomic mass is 10.1. The number of ketones is 1. The highest BCUT2D eigenvalue weighted by molar-refractivity contribution is 6.05. The van der Waals surface area contributed by atoms with E-state index in [0.29, 0.717) is 5.76 Å². The SMILES string of the molecule is CC(=O)c1ccc(Cn2ccc(NC(=O)c3ncoc3-c3cccc(OC(F)(F)F)c3)n2)o1. The van der Waals surface area contributed by atoms with Crippen LogP contribution in [0.3, 0.4) is 0 Å². The zero-order valence-electron chi connectivity index (χ0n) is 16.9. The van der Waals surface area contributed by atoms with E-state index in [9.17, 15) is 22.8 Å². The molecule has 12 heteroatoms. The molecular formula is C21H15F3N4O5. The van der Waals surface area contributed by atoms with Crippen LogP contribution in [0.4, 0.5) is 19.0 Å². The highest BCUT2D eigenvalue weighted by Crippen LogP contribution is 2.30. The predicted octanol–water partition coefficient (Wildman–Crippen LogP) is 4.53. The second kappa shape index (κ2) is 8.65. The van der Waals surface area contributed by atoms with E-state index >= 15 is 0 Å². The summed E-state index contributed by atoms with van der Waals surface area (Å²) in [6.45, 7) is 1.62. The van der Waals surface area contributed by atoms with Crippen molar-refractivity contribution >= 4 is 17.5 Å². The molecule has 0 atom stereocenters. The second-order valence-corrected chi connectivity index (χ2v) is 6.78. The number of Topliss-reactive ketones (excluding diaryl/α,β-unsaturated/α-hetero) is 1. The number of hydrogen-bond donors (Lipinski definition) is 1. The molecule has 3 aromatic heterocycles. The fourth-order valence-corrected chi connectivity index (χ4v) is 2.95. The van der Waals surface area contributed by atoms with E-state index < -0.39 is 18.0 Å². The Bertz CT molecular complexity index is 1300. The van der Waals surface area contributed by atoms with Crippen molar-refractivity contribution in [3.8, 4) is 17.1 Å². The smallest absolute Gasteiger partial charge is 0.456 e. The van der Waals surface area contributed by atoms with Crippen molar-refractivity contribution in [1.82, 2.24) is 14.8 Å². The van der Waals surface area contributed by atoms with E-state index in [2.05, 4.69) is 20.1 Å². The van der Waals surface area contributed by atoms with Gasteiger partial charge in [0.25, 0.3) is 5.91 Å². The molecule has 3 heterocycles. The number of carbonyl (C=O) groups excluding carboxylic acids is 2. The molecule has 0 saturated heterocycles. The number of hydrogen-bond acceptors (Lipinski definition) is 7. The first-order valence-electron chi connectivity index (χ1n) is 9.42. The summed E-state index contributed by atoms with van der Waals surface area (Å²) in [4.78, 5) is 27.9. The Hall–Kier alpha value is -4.35. The summed E-state index contributed by atoms with van der Waals surface area (Å²) in [7, 11) is 0. The number of aromatic nitrogens is 3. The summed E-state index contributed by atoms with van der Waals surface area (Å²) in [6, 6.07) is 9.72. The first-order valence-corrected chi connectivity index (χ1v) is 9.42. The van der Waals surface area contributed by atoms with Gasteiger partial charge in [-0.1, -0.05) is 12.1 Å². The molecule has 1 amide bonds. The third-order valence-corrected chi connectivity index (χ3v) is 4.32. The molecular weight excluding hydrogens is 445 g/mol. The molecule has 0 bridgehead atoms. The molecule has 0 fully saturated rings. The number of anilines is 1. The number of benzene rings is 1. The molecule has 0 aliphatic carbocycles. The van der Waals surface area contributed by atoms with Crippen LogP contribution in [0, 0.1) is 0 Å². The number of rotatable bonds is 7. The third-order valence-electron chi connectivity index (χ3n) is 4.32. The summed E-state index contributed by atoms with van der Waals surface area (Å²) in [6.07, 6.45) is -2.26. The Kier molecular flexibility index (Phi) is 5.73. The maximum Gasteiger partial charge on any atom is 0.573 e. The van der Waals surface area contributed by atoms with Gasteiger partial charge < -0.3 is 18.9 Å². The number of ether oxygens (including phenoxy) is 1. The van der Waals surface area contributed by atoms with Crippen molar-refractivity contribution in [2.45, 2.75) is 19.8 Å². The lowest BCUT2D eigenvalue weighted by Crippen LogP contribution is -2.17. The normalized spacial score (nSPS) is 11.4. The fraction of sp³-hybridized carbons (Fsp3) is 0.143. The molecule has 0 spiro atoms. The summed E-state index contributed by atoms with van der Waals surface area (Å²) < 4.78 is 53.5. The highest BCUT2D eigenvalue weighted by atomic mass is 19.4. The Balaban J connectivity index is 1.47. The largest absolute Gasteiger partial charge is 0.573 e. The predicted molar refractivity (Wildman–Crippen MR) is 107 cm³/mol. The maximum atomic E-state index is 12.7. The van der Waals surface area contributed by atoms with Crippen LogP contribution in [0.15, 0.2) is 63.9 Å². The lowest BCUT2D eigenvalue weighted by molar-refractivity contribution is -0.274. The quantitative estimate of drug-likeness (QED) is 0.403. The minimum atomic E-state index is -4.86. The monoisotopic (exact) mass is 460 g/mol. The fourth-order valence-electron chi connectivity index (χ4n) is 2.95. The zero-order valence-corrected chi connectivity index (χ0v) is 16.9. The van der Waals surface area contributed by atoms with E-state index in [-0.39, 0.29) is 40.9 Å². The number of carbonyl (C=O) groups is 2. The third kappa shape index (κ3) is 5.29. The van der Waals surface area contributed by atoms with Gasteiger partial charge in [-0.15, -0.1) is 13.2 Å². The number of alkyl halides is 3. The van der Waals surface area contributed by atoms with Gasteiger partial charge in [-0.2, -0.15) is 5.10 Å². The zero-order chi connectivity index (χ0) is 23.6. The van der Waals surface area contributed by atoms with Crippen LogP contribution in [-0.2, 0) is 6.54 Å². The van der Waals surface area contributed by atoms with E-state index in [1.54, 1.807) is 18.3 Å². The van der Waals surface area contributed by atoms with Crippen LogP contribution in [0.5, 0.6) is 5.75 Å². The number of furan rings is 1. The molecule has 0 radical (unpaired) electrons. The summed E-state index contributed by atoms with van der Waals surface area (Å²) in [5.74, 6) is -0.452. The van der Waals surface area contributed by atoms with Gasteiger partial charge in [0.1, 0.15) is 11.5 Å². The van der Waals surface area contributed by atoms with Crippen molar-refractivity contribution in [1.29, 1.82) is 0 Å². The standard InChI is InChI=1S/C21H15F3N4O5/c1-12(29)16-6-5-15(32-16)10-28-8-7-17(27-28)26-20(30)18-19(31-11-25-18)13-3-2-4-14(9-13)33-21(22,23)24/h2-9,11H,10H2,1H3,(H,26,27,30). The molecule has 1 aromatic carbocycles. The van der Waals surface area contributed by atoms with Gasteiger partial charge in [0, 0.05) is 24.8 Å². The van der Waals surface area contributed by atoms with Crippen LogP contribution >= 0.6 is 0 Å². The second-order valence-electron chi connectivity index (χ2n) is 6.78. The Labute approximate surface area is 183 Å². The molecule has 0 aliphatic rings. The molecule has 9 nitrogen and oxygen atoms in total. The first-order chi connectivity index (χ1) is 15.7. The minimum absolute atomic E-state index is 0.0353. The Morgan fingerprint density at radius 1 is 1.18 bits per heavy atom. The van der Waals surface area contributed by atoms with Gasteiger partial charge >= 0.3 is 6.36 Å². The van der Waals surface area contributed by atoms with E-state index in [1.807, 2.05) is 0 Å². The lowest BCUT2D eigenvalue weighted by Gasteiger charge is -2.09. The first kappa shape index (κ1) is 21.9. The van der Waals surface area contributed by atoms with E-state index in [0.717, 1.165) is 18.5 Å². The maximum absolute atomic E-state index is 12.7. The van der Waals surface area contributed by atoms with Crippen LogP contribution in [0.25, 0.3) is 11.3 Å². The van der Waals surface area contributed by atoms with E-state index in [1.165, 1.54) is 29.8 Å². The van der Waals surface area contributed by atoms with Gasteiger partial charge in [0.15, 0.2) is 35.2 Å². The van der Waals surface area contributed by atoms with Gasteiger partial charge in [0.2, 0.25) is 0 Å². The molecule has 0 saturated carbocycles. The highest BCUT2D eigenvalue weighted by Gasteiger charge is 2.31. The summed E-state index contributed by atoms with van der Waals surface area (Å²) in [5, 5.41) is 6.75. The van der Waals surface area contributed by atoms with E-state index in [4.69, 9.17) is 8.83 Å². The van der Waals surface area contributed by atoms with Gasteiger partial charge in [-0.05, 0) is 24.3 Å². The molecule has 1 N–H and O–H groups in total. The number of amides is 1. The van der Waals surface area contributed by atoms with Gasteiger partial charge in [-0.25, -0.2) is 4.98 Å². The van der Waals surface area contributed by atoms with Crippen LogP contribution in [0.2, 0.25) is 0 Å². The molecule has 170 valence electrons. The topological polar surface area (TPSA) is 112 Å². The molecule has 4 aromatic rings. The molecule has 0 unspecified atom stereocenters. The summed E-state index contributed by atoms with van der Waals surface area (Å²) >= 11 is 0. The summed E-state index contributed by atoms with van der Waals surface area (Å²) in [5.41, 5.74) is 0.0230. The van der Waals surface area contributed by atoms with Crippen LogP contribution in [-0.4, -0.2) is 32.8 Å². The number of nitrogens with one attached hydrogen (secondary N) is 1. The molecule has 4 rings (SSSR count). The van der Waals surface area contributed by atoms with Crippen LogP contribution in [0.1, 0.15) is 33.7 Å². The van der Waals surface area contributed by atoms with Crippen molar-refractivity contribution < 1.29 is 36.3 Å². The minimum Gasteiger partial charge on any atom is -0.456 e. The number of halogens is 3. The van der Waals surface area contributed by atoms with Crippen molar-refractivity contribution in [3.05, 3.63) is 72.3 Å². The van der Waals surface area contributed by atoms with Gasteiger partial charge in [-0.3, -0.25) is 14.3 Å². The molecule has 0 aliphatic heterocycles. The average molecular weight is 460 g/mol. The van der Waals surface area contributed by atoms with Gasteiger partial charge in [0.05, 0.1) is 6.54 Å². The number of oxazole rings is 1.